The summed E-state index contributed by atoms with van der Waals surface area (Å²) in [7, 11) is 0. The third-order valence-electron chi connectivity index (χ3n) is 2.42. The maximum atomic E-state index is 5.83. The summed E-state index contributed by atoms with van der Waals surface area (Å²) in [5.74, 6) is 0. The largest absolute Gasteiger partial charge is 0.346 e. The Morgan fingerprint density at radius 1 is 1.00 bits per heavy atom. The molecule has 2 aromatic rings. The molecule has 1 nitrogen and oxygen atoms in total. The minimum Gasteiger partial charge on any atom is -0.346 e. The lowest BCUT2D eigenvalue weighted by molar-refractivity contribution is 1.47. The van der Waals surface area contributed by atoms with Crippen LogP contribution in [-0.4, -0.2) is 4.99 Å². The van der Waals surface area contributed by atoms with Crippen molar-refractivity contribution in [1.29, 1.82) is 0 Å². The summed E-state index contributed by atoms with van der Waals surface area (Å²) < 4.78 is 0. The number of halogens is 1. The van der Waals surface area contributed by atoms with Crippen molar-refractivity contribution in [1.82, 2.24) is 0 Å². The lowest BCUT2D eigenvalue weighted by Gasteiger charge is -2.08. The fourth-order valence-electron chi connectivity index (χ4n) is 1.44. The Balaban J connectivity index is 2.11. The van der Waals surface area contributed by atoms with Gasteiger partial charge in [0.15, 0.2) is 0 Å². The molecule has 2 aromatic carbocycles. The van der Waals surface area contributed by atoms with Crippen molar-refractivity contribution < 1.29 is 0 Å². The second-order valence-electron chi connectivity index (χ2n) is 3.83. The molecule has 17 heavy (non-hydrogen) atoms. The predicted molar refractivity (Wildman–Crippen MR) is 78.0 cm³/mol. The van der Waals surface area contributed by atoms with Gasteiger partial charge in [0.2, 0.25) is 0 Å². The molecule has 0 aliphatic rings. The van der Waals surface area contributed by atoms with E-state index >= 15 is 0 Å². The zero-order valence-corrected chi connectivity index (χ0v) is 11.0. The van der Waals surface area contributed by atoms with Gasteiger partial charge >= 0.3 is 0 Å². The Labute approximate surface area is 111 Å². The minimum atomic E-state index is 0.700. The summed E-state index contributed by atoms with van der Waals surface area (Å²) in [6, 6.07) is 15.6. The number of hydrogen-bond donors (Lipinski definition) is 1. The Kier molecular flexibility index (Phi) is 3.77. The second kappa shape index (κ2) is 5.30. The van der Waals surface area contributed by atoms with Crippen LogP contribution in [0.2, 0.25) is 5.02 Å². The first-order valence-electron chi connectivity index (χ1n) is 5.29. The van der Waals surface area contributed by atoms with Crippen LogP contribution in [0.3, 0.4) is 0 Å². The van der Waals surface area contributed by atoms with Crippen molar-refractivity contribution in [3.05, 3.63) is 64.7 Å². The standard InChI is InChI=1S/C14H12ClNS/c1-10-2-8-13(9-3-10)16-14(17)11-4-6-12(15)7-5-11/h2-9H,1H3,(H,16,17). The Bertz CT molecular complexity index is 517. The minimum absolute atomic E-state index is 0.700. The van der Waals surface area contributed by atoms with E-state index < -0.39 is 0 Å². The molecule has 0 unspecified atom stereocenters. The van der Waals surface area contributed by atoms with Gasteiger partial charge in [-0.15, -0.1) is 0 Å². The second-order valence-corrected chi connectivity index (χ2v) is 4.67. The fourth-order valence-corrected chi connectivity index (χ4v) is 1.82. The first-order chi connectivity index (χ1) is 8.15. The monoisotopic (exact) mass is 261 g/mol. The fraction of sp³-hybridized carbons (Fsp3) is 0.0714. The summed E-state index contributed by atoms with van der Waals surface area (Å²) >= 11 is 11.2. The van der Waals surface area contributed by atoms with E-state index in [1.54, 1.807) is 0 Å². The third-order valence-corrected chi connectivity index (χ3v) is 3.01. The number of rotatable bonds is 2. The number of thiocarbonyl (C=S) groups is 1. The first kappa shape index (κ1) is 12.1. The SMILES string of the molecule is Cc1ccc(NC(=S)c2ccc(Cl)cc2)cc1. The van der Waals surface area contributed by atoms with Gasteiger partial charge in [-0.05, 0) is 31.2 Å². The van der Waals surface area contributed by atoms with Gasteiger partial charge in [-0.2, -0.15) is 0 Å². The molecule has 0 fully saturated rings. The lowest BCUT2D eigenvalue weighted by atomic mass is 10.2. The van der Waals surface area contributed by atoms with Gasteiger partial charge in [-0.1, -0.05) is 53.6 Å². The average Bonchev–Trinajstić information content (AvgIpc) is 2.33. The predicted octanol–water partition coefficient (Wildman–Crippen LogP) is 4.44. The van der Waals surface area contributed by atoms with Crippen molar-refractivity contribution in [3.63, 3.8) is 0 Å². The summed E-state index contributed by atoms with van der Waals surface area (Å²) in [5, 5.41) is 3.91. The highest BCUT2D eigenvalue weighted by atomic mass is 35.5. The van der Waals surface area contributed by atoms with Crippen molar-refractivity contribution >= 4 is 34.5 Å². The van der Waals surface area contributed by atoms with E-state index in [9.17, 15) is 0 Å². The van der Waals surface area contributed by atoms with Crippen LogP contribution in [0.5, 0.6) is 0 Å². The molecule has 1 N–H and O–H groups in total. The first-order valence-corrected chi connectivity index (χ1v) is 6.07. The van der Waals surface area contributed by atoms with Crippen LogP contribution in [0.4, 0.5) is 5.69 Å². The van der Waals surface area contributed by atoms with E-state index in [4.69, 9.17) is 23.8 Å². The maximum absolute atomic E-state index is 5.83. The van der Waals surface area contributed by atoms with E-state index in [2.05, 4.69) is 12.2 Å². The smallest absolute Gasteiger partial charge is 0.110 e. The molecule has 86 valence electrons. The molecule has 0 saturated heterocycles. The normalized spacial score (nSPS) is 10.0. The van der Waals surface area contributed by atoms with Gasteiger partial charge in [0.05, 0.1) is 0 Å². The highest BCUT2D eigenvalue weighted by Crippen LogP contribution is 2.13. The van der Waals surface area contributed by atoms with Crippen LogP contribution in [0.15, 0.2) is 48.5 Å². The molecule has 0 aliphatic heterocycles. The lowest BCUT2D eigenvalue weighted by Crippen LogP contribution is -2.10. The molecule has 2 rings (SSSR count). The van der Waals surface area contributed by atoms with Gasteiger partial charge in [0, 0.05) is 16.3 Å². The van der Waals surface area contributed by atoms with Crippen LogP contribution >= 0.6 is 23.8 Å². The summed E-state index contributed by atoms with van der Waals surface area (Å²) in [4.78, 5) is 0.700. The molecule has 0 atom stereocenters. The van der Waals surface area contributed by atoms with Crippen molar-refractivity contribution in [2.45, 2.75) is 6.92 Å². The Hall–Kier alpha value is -1.38. The van der Waals surface area contributed by atoms with Crippen molar-refractivity contribution in [2.75, 3.05) is 5.32 Å². The number of benzene rings is 2. The van der Waals surface area contributed by atoms with Crippen LogP contribution in [0, 0.1) is 6.92 Å². The zero-order chi connectivity index (χ0) is 12.3. The molecule has 3 heteroatoms. The number of aryl methyl sites for hydroxylation is 1. The molecule has 0 saturated carbocycles. The molecular weight excluding hydrogens is 250 g/mol. The van der Waals surface area contributed by atoms with Gasteiger partial charge in [0.25, 0.3) is 0 Å². The van der Waals surface area contributed by atoms with Gasteiger partial charge in [-0.25, -0.2) is 0 Å². The summed E-state index contributed by atoms with van der Waals surface area (Å²) in [5.41, 5.74) is 3.19. The van der Waals surface area contributed by atoms with Crippen LogP contribution in [-0.2, 0) is 0 Å². The molecule has 0 aliphatic carbocycles. The van der Waals surface area contributed by atoms with E-state index in [1.165, 1.54) is 5.56 Å². The van der Waals surface area contributed by atoms with E-state index in [0.717, 1.165) is 11.3 Å². The molecule has 0 amide bonds. The number of anilines is 1. The zero-order valence-electron chi connectivity index (χ0n) is 9.41. The molecule has 0 spiro atoms. The molecular formula is C14H12ClNS. The van der Waals surface area contributed by atoms with Gasteiger partial charge in [-0.3, -0.25) is 0 Å². The molecule has 0 bridgehead atoms. The molecule has 0 aromatic heterocycles. The maximum Gasteiger partial charge on any atom is 0.110 e. The highest BCUT2D eigenvalue weighted by molar-refractivity contribution is 7.81. The molecule has 0 heterocycles. The summed E-state index contributed by atoms with van der Waals surface area (Å²) in [6.07, 6.45) is 0. The van der Waals surface area contributed by atoms with Crippen LogP contribution in [0.1, 0.15) is 11.1 Å². The highest BCUT2D eigenvalue weighted by Gasteiger charge is 2.01. The van der Waals surface area contributed by atoms with Crippen molar-refractivity contribution in [3.8, 4) is 0 Å². The van der Waals surface area contributed by atoms with Gasteiger partial charge < -0.3 is 5.32 Å². The van der Waals surface area contributed by atoms with Crippen LogP contribution < -0.4 is 5.32 Å². The van der Waals surface area contributed by atoms with Crippen molar-refractivity contribution in [2.24, 2.45) is 0 Å². The summed E-state index contributed by atoms with van der Waals surface area (Å²) in [6.45, 7) is 2.06. The van der Waals surface area contributed by atoms with E-state index in [-0.39, 0.29) is 0 Å². The Morgan fingerprint density at radius 3 is 2.18 bits per heavy atom. The molecule has 0 radical (unpaired) electrons. The van der Waals surface area contributed by atoms with Crippen LogP contribution in [0.25, 0.3) is 0 Å². The van der Waals surface area contributed by atoms with E-state index in [1.807, 2.05) is 48.5 Å². The van der Waals surface area contributed by atoms with Gasteiger partial charge in [0.1, 0.15) is 4.99 Å². The average molecular weight is 262 g/mol. The Morgan fingerprint density at radius 2 is 1.59 bits per heavy atom. The number of nitrogens with one attached hydrogen (secondary N) is 1. The van der Waals surface area contributed by atoms with E-state index in [0.29, 0.717) is 10.0 Å². The topological polar surface area (TPSA) is 12.0 Å². The quantitative estimate of drug-likeness (QED) is 0.803. The number of hydrogen-bond acceptors (Lipinski definition) is 1. The third kappa shape index (κ3) is 3.29.